The van der Waals surface area contributed by atoms with Crippen molar-refractivity contribution in [3.8, 4) is 0 Å². The molecule has 2 atom stereocenters. The lowest BCUT2D eigenvalue weighted by molar-refractivity contribution is -0.148. The molecular weight excluding hydrogens is 226 g/mol. The number of carbonyl (C=O) groups is 1. The summed E-state index contributed by atoms with van der Waals surface area (Å²) in [6.07, 6.45) is 3.67. The number of carbonyl (C=O) groups excluding carboxylic acids is 1. The van der Waals surface area contributed by atoms with E-state index < -0.39 is 0 Å². The van der Waals surface area contributed by atoms with Crippen molar-refractivity contribution in [1.29, 1.82) is 0 Å². The van der Waals surface area contributed by atoms with Crippen LogP contribution in [-0.2, 0) is 9.53 Å². The normalized spacial score (nSPS) is 32.1. The lowest BCUT2D eigenvalue weighted by atomic mass is 9.52. The Morgan fingerprint density at radius 1 is 1.39 bits per heavy atom. The maximum absolute atomic E-state index is 11.8. The van der Waals surface area contributed by atoms with Gasteiger partial charge in [-0.25, -0.2) is 0 Å². The molecule has 0 saturated heterocycles. The molecule has 1 aliphatic rings. The lowest BCUT2D eigenvalue weighted by Gasteiger charge is -2.54. The molecule has 0 heterocycles. The molecule has 106 valence electrons. The molecule has 0 radical (unpaired) electrons. The van der Waals surface area contributed by atoms with E-state index in [0.29, 0.717) is 17.8 Å². The smallest absolute Gasteiger partial charge is 0.306 e. The highest BCUT2D eigenvalue weighted by atomic mass is 16.5. The number of esters is 1. The fourth-order valence-electron chi connectivity index (χ4n) is 3.71. The van der Waals surface area contributed by atoms with Crippen LogP contribution in [0.3, 0.4) is 0 Å². The van der Waals surface area contributed by atoms with Crippen LogP contribution in [0.1, 0.15) is 60.3 Å². The van der Waals surface area contributed by atoms with Gasteiger partial charge in [0.1, 0.15) is 0 Å². The highest BCUT2D eigenvalue weighted by Crippen LogP contribution is 2.55. The third kappa shape index (κ3) is 2.87. The van der Waals surface area contributed by atoms with Crippen LogP contribution in [0.4, 0.5) is 0 Å². The van der Waals surface area contributed by atoms with E-state index in [1.807, 2.05) is 13.8 Å². The number of ether oxygens (including phenoxy) is 1. The molecule has 0 aromatic carbocycles. The molecule has 0 spiro atoms. The van der Waals surface area contributed by atoms with E-state index in [1.54, 1.807) is 0 Å². The van der Waals surface area contributed by atoms with Crippen molar-refractivity contribution in [2.24, 2.45) is 22.5 Å². The van der Waals surface area contributed by atoms with Crippen LogP contribution in [0.15, 0.2) is 0 Å². The van der Waals surface area contributed by atoms with Crippen molar-refractivity contribution in [3.05, 3.63) is 0 Å². The summed E-state index contributed by atoms with van der Waals surface area (Å²) < 4.78 is 4.88. The quantitative estimate of drug-likeness (QED) is 0.788. The Labute approximate surface area is 111 Å². The number of nitrogens with two attached hydrogens (primary N) is 1. The Morgan fingerprint density at radius 2 is 1.94 bits per heavy atom. The van der Waals surface area contributed by atoms with Crippen molar-refractivity contribution in [1.82, 2.24) is 0 Å². The summed E-state index contributed by atoms with van der Waals surface area (Å²) in [5.74, 6) is 0.292. The molecule has 1 rings (SSSR count). The first kappa shape index (κ1) is 15.5. The minimum Gasteiger partial charge on any atom is -0.469 e. The van der Waals surface area contributed by atoms with E-state index in [1.165, 1.54) is 7.11 Å². The van der Waals surface area contributed by atoms with Gasteiger partial charge in [0.25, 0.3) is 0 Å². The third-order valence-electron chi connectivity index (χ3n) is 5.02. The van der Waals surface area contributed by atoms with Crippen LogP contribution in [0.2, 0.25) is 0 Å². The van der Waals surface area contributed by atoms with Gasteiger partial charge in [0, 0.05) is 11.0 Å². The fourth-order valence-corrected chi connectivity index (χ4v) is 3.71. The Morgan fingerprint density at radius 3 is 2.33 bits per heavy atom. The number of hydrogen-bond acceptors (Lipinski definition) is 3. The minimum atomic E-state index is -0.364. The van der Waals surface area contributed by atoms with Crippen molar-refractivity contribution >= 4 is 5.97 Å². The van der Waals surface area contributed by atoms with Gasteiger partial charge in [-0.3, -0.25) is 4.79 Å². The van der Waals surface area contributed by atoms with Crippen LogP contribution >= 0.6 is 0 Å². The number of rotatable bonds is 3. The molecule has 2 unspecified atom stereocenters. The van der Waals surface area contributed by atoms with E-state index in [0.717, 1.165) is 19.3 Å². The molecule has 0 bridgehead atoms. The molecule has 0 aromatic rings. The molecule has 1 saturated carbocycles. The van der Waals surface area contributed by atoms with E-state index in [2.05, 4.69) is 20.8 Å². The minimum absolute atomic E-state index is 0.139. The maximum atomic E-state index is 11.8. The highest BCUT2D eigenvalue weighted by molar-refractivity contribution is 5.70. The second kappa shape index (κ2) is 4.84. The van der Waals surface area contributed by atoms with Crippen molar-refractivity contribution < 1.29 is 9.53 Å². The first-order valence-electron chi connectivity index (χ1n) is 6.90. The third-order valence-corrected chi connectivity index (χ3v) is 5.02. The zero-order chi connectivity index (χ0) is 14.2. The van der Waals surface area contributed by atoms with Crippen LogP contribution in [0, 0.1) is 16.7 Å². The molecule has 2 N–H and O–H groups in total. The summed E-state index contributed by atoms with van der Waals surface area (Å²) in [7, 11) is 1.46. The second-order valence-corrected chi connectivity index (χ2v) is 7.40. The summed E-state index contributed by atoms with van der Waals surface area (Å²) in [5.41, 5.74) is 6.26. The fraction of sp³-hybridized carbons (Fsp3) is 0.933. The SMILES string of the molecule is COC(=O)CC1(C(C)(C)N)CCC(C)(C)CC1C. The molecule has 0 amide bonds. The summed E-state index contributed by atoms with van der Waals surface area (Å²) in [6, 6.07) is 0. The Hall–Kier alpha value is -0.570. The first-order valence-corrected chi connectivity index (χ1v) is 6.90. The Balaban J connectivity index is 3.04. The van der Waals surface area contributed by atoms with Gasteiger partial charge in [0.05, 0.1) is 13.5 Å². The van der Waals surface area contributed by atoms with Crippen LogP contribution in [0.5, 0.6) is 0 Å². The zero-order valence-electron chi connectivity index (χ0n) is 12.8. The second-order valence-electron chi connectivity index (χ2n) is 7.40. The summed E-state index contributed by atoms with van der Waals surface area (Å²) in [5, 5.41) is 0. The molecular formula is C15H29NO2. The van der Waals surface area contributed by atoms with E-state index in [4.69, 9.17) is 10.5 Å². The van der Waals surface area contributed by atoms with Gasteiger partial charge in [-0.1, -0.05) is 20.8 Å². The van der Waals surface area contributed by atoms with Gasteiger partial charge in [0.15, 0.2) is 0 Å². The van der Waals surface area contributed by atoms with E-state index in [-0.39, 0.29) is 16.9 Å². The van der Waals surface area contributed by atoms with E-state index in [9.17, 15) is 4.79 Å². The number of methoxy groups -OCH3 is 1. The molecule has 3 heteroatoms. The van der Waals surface area contributed by atoms with Gasteiger partial charge in [-0.2, -0.15) is 0 Å². The summed E-state index contributed by atoms with van der Waals surface area (Å²) >= 11 is 0. The first-order chi connectivity index (χ1) is 8.04. The largest absolute Gasteiger partial charge is 0.469 e. The standard InChI is InChI=1S/C15H29NO2/c1-11-9-13(2,3)7-8-15(11,14(4,5)16)10-12(17)18-6/h11H,7-10,16H2,1-6H3. The Kier molecular flexibility index (Phi) is 4.16. The monoisotopic (exact) mass is 255 g/mol. The predicted molar refractivity (Wildman–Crippen MR) is 74.1 cm³/mol. The van der Waals surface area contributed by atoms with Crippen LogP contribution < -0.4 is 5.73 Å². The van der Waals surface area contributed by atoms with E-state index >= 15 is 0 Å². The highest BCUT2D eigenvalue weighted by Gasteiger charge is 2.52. The predicted octanol–water partition coefficient (Wildman–Crippen LogP) is 3.12. The van der Waals surface area contributed by atoms with Crippen LogP contribution in [0.25, 0.3) is 0 Å². The average molecular weight is 255 g/mol. The zero-order valence-corrected chi connectivity index (χ0v) is 12.8. The van der Waals surface area contributed by atoms with Gasteiger partial charge in [0.2, 0.25) is 0 Å². The molecule has 0 aromatic heterocycles. The molecule has 3 nitrogen and oxygen atoms in total. The van der Waals surface area contributed by atoms with Crippen molar-refractivity contribution in [2.75, 3.05) is 7.11 Å². The van der Waals surface area contributed by atoms with Gasteiger partial charge in [-0.15, -0.1) is 0 Å². The molecule has 0 aliphatic heterocycles. The lowest BCUT2D eigenvalue weighted by Crippen LogP contribution is -2.58. The van der Waals surface area contributed by atoms with Crippen molar-refractivity contribution in [3.63, 3.8) is 0 Å². The van der Waals surface area contributed by atoms with Gasteiger partial charge >= 0.3 is 5.97 Å². The molecule has 1 aliphatic carbocycles. The van der Waals surface area contributed by atoms with Crippen molar-refractivity contribution in [2.45, 2.75) is 65.8 Å². The van der Waals surface area contributed by atoms with Crippen LogP contribution in [-0.4, -0.2) is 18.6 Å². The van der Waals surface area contributed by atoms with Gasteiger partial charge in [-0.05, 0) is 44.4 Å². The maximum Gasteiger partial charge on any atom is 0.306 e. The summed E-state index contributed by atoms with van der Waals surface area (Å²) in [6.45, 7) is 10.9. The average Bonchev–Trinajstić information content (AvgIpc) is 2.19. The Bertz CT molecular complexity index is 317. The topological polar surface area (TPSA) is 52.3 Å². The molecule has 18 heavy (non-hydrogen) atoms. The molecule has 1 fully saturated rings. The number of hydrogen-bond donors (Lipinski definition) is 1. The van der Waals surface area contributed by atoms with Gasteiger partial charge < -0.3 is 10.5 Å². The summed E-state index contributed by atoms with van der Waals surface area (Å²) in [4.78, 5) is 11.8.